The summed E-state index contributed by atoms with van der Waals surface area (Å²) in [5, 5.41) is 0.987. The third-order valence-electron chi connectivity index (χ3n) is 5.04. The van der Waals surface area contributed by atoms with Gasteiger partial charge in [0.2, 0.25) is 0 Å². The quantitative estimate of drug-likeness (QED) is 0.709. The van der Waals surface area contributed by atoms with Crippen molar-refractivity contribution in [3.8, 4) is 0 Å². The molecule has 0 aliphatic carbocycles. The Kier molecular flexibility index (Phi) is 4.70. The molecule has 1 saturated heterocycles. The summed E-state index contributed by atoms with van der Waals surface area (Å²) in [6, 6.07) is 5.92. The van der Waals surface area contributed by atoms with Crippen LogP contribution in [0.3, 0.4) is 0 Å². The number of hydrogen-bond acceptors (Lipinski definition) is 5. The highest BCUT2D eigenvalue weighted by Gasteiger charge is 2.26. The van der Waals surface area contributed by atoms with E-state index in [1.165, 1.54) is 12.1 Å². The summed E-state index contributed by atoms with van der Waals surface area (Å²) < 4.78 is 27.1. The lowest BCUT2D eigenvalue weighted by Gasteiger charge is -2.40. The van der Waals surface area contributed by atoms with E-state index in [0.717, 1.165) is 42.4 Å². The van der Waals surface area contributed by atoms with Gasteiger partial charge in [-0.1, -0.05) is 6.07 Å². The van der Waals surface area contributed by atoms with Gasteiger partial charge in [0.1, 0.15) is 23.3 Å². The summed E-state index contributed by atoms with van der Waals surface area (Å²) >= 11 is 0. The number of benzene rings is 1. The van der Waals surface area contributed by atoms with Gasteiger partial charge >= 0.3 is 0 Å². The first-order chi connectivity index (χ1) is 13.0. The number of piperazine rings is 1. The van der Waals surface area contributed by atoms with Gasteiger partial charge in [-0.05, 0) is 26.0 Å². The normalized spacial score (nSPS) is 18.2. The molecule has 1 fully saturated rings. The highest BCUT2D eigenvalue weighted by atomic mass is 19.1. The van der Waals surface area contributed by atoms with Gasteiger partial charge in [0.05, 0.1) is 11.7 Å². The van der Waals surface area contributed by atoms with Gasteiger partial charge in [-0.2, -0.15) is 0 Å². The molecule has 0 bridgehead atoms. The summed E-state index contributed by atoms with van der Waals surface area (Å²) in [5.74, 6) is 0.595. The highest BCUT2D eigenvalue weighted by Crippen LogP contribution is 2.26. The van der Waals surface area contributed by atoms with Gasteiger partial charge in [-0.3, -0.25) is 9.88 Å². The molecule has 1 aliphatic rings. The SMILES string of the molecule is Cc1nc(N2CCN(Cc3ccc(F)cc3F)C(C)C2)c2ccncc2n1. The molecular weight excluding hydrogens is 348 g/mol. The summed E-state index contributed by atoms with van der Waals surface area (Å²) in [4.78, 5) is 17.7. The molecule has 0 saturated carbocycles. The van der Waals surface area contributed by atoms with E-state index in [1.807, 2.05) is 13.0 Å². The zero-order chi connectivity index (χ0) is 19.0. The molecule has 5 nitrogen and oxygen atoms in total. The summed E-state index contributed by atoms with van der Waals surface area (Å²) in [6.45, 7) is 6.79. The Morgan fingerprint density at radius 3 is 2.78 bits per heavy atom. The Balaban J connectivity index is 1.54. The first-order valence-corrected chi connectivity index (χ1v) is 9.02. The van der Waals surface area contributed by atoms with Crippen LogP contribution in [-0.4, -0.2) is 45.5 Å². The number of hydrogen-bond donors (Lipinski definition) is 0. The van der Waals surface area contributed by atoms with Crippen LogP contribution in [0.4, 0.5) is 14.6 Å². The van der Waals surface area contributed by atoms with Gasteiger partial charge in [0, 0.05) is 55.4 Å². The van der Waals surface area contributed by atoms with Crippen molar-refractivity contribution in [2.75, 3.05) is 24.5 Å². The van der Waals surface area contributed by atoms with E-state index in [1.54, 1.807) is 12.4 Å². The van der Waals surface area contributed by atoms with Gasteiger partial charge < -0.3 is 4.90 Å². The second-order valence-electron chi connectivity index (χ2n) is 6.99. The topological polar surface area (TPSA) is 45.2 Å². The summed E-state index contributed by atoms with van der Waals surface area (Å²) in [7, 11) is 0. The van der Waals surface area contributed by atoms with E-state index < -0.39 is 11.6 Å². The second-order valence-corrected chi connectivity index (χ2v) is 6.99. The molecule has 1 atom stereocenters. The van der Waals surface area contributed by atoms with Crippen LogP contribution in [-0.2, 0) is 6.54 Å². The largest absolute Gasteiger partial charge is 0.353 e. The van der Waals surface area contributed by atoms with Crippen LogP contribution in [0.2, 0.25) is 0 Å². The van der Waals surface area contributed by atoms with Crippen molar-refractivity contribution in [2.24, 2.45) is 0 Å². The van der Waals surface area contributed by atoms with E-state index in [-0.39, 0.29) is 6.04 Å². The molecule has 1 unspecified atom stereocenters. The fourth-order valence-electron chi connectivity index (χ4n) is 3.61. The Labute approximate surface area is 156 Å². The van der Waals surface area contributed by atoms with Crippen molar-refractivity contribution in [2.45, 2.75) is 26.4 Å². The zero-order valence-electron chi connectivity index (χ0n) is 15.4. The molecule has 27 heavy (non-hydrogen) atoms. The molecule has 3 heterocycles. The Bertz CT molecular complexity index is 978. The molecule has 0 spiro atoms. The molecule has 0 N–H and O–H groups in total. The highest BCUT2D eigenvalue weighted by molar-refractivity contribution is 5.88. The fourth-order valence-corrected chi connectivity index (χ4v) is 3.61. The Hall–Kier alpha value is -2.67. The number of fused-ring (bicyclic) bond motifs is 1. The number of nitrogens with zero attached hydrogens (tertiary/aromatic N) is 5. The van der Waals surface area contributed by atoms with Crippen LogP contribution in [0.25, 0.3) is 10.9 Å². The third-order valence-corrected chi connectivity index (χ3v) is 5.04. The van der Waals surface area contributed by atoms with Crippen molar-refractivity contribution in [1.29, 1.82) is 0 Å². The lowest BCUT2D eigenvalue weighted by molar-refractivity contribution is 0.178. The maximum Gasteiger partial charge on any atom is 0.140 e. The standard InChI is InChI=1S/C20H21F2N5/c1-13-11-27(20-17-5-6-23-10-19(17)24-14(2)25-20)8-7-26(13)12-15-3-4-16(21)9-18(15)22/h3-6,9-10,13H,7-8,11-12H2,1-2H3. The molecule has 0 amide bonds. The average Bonchev–Trinajstić information content (AvgIpc) is 2.64. The second kappa shape index (κ2) is 7.15. The number of halogens is 2. The molecule has 7 heteroatoms. The minimum atomic E-state index is -0.547. The van der Waals surface area contributed by atoms with E-state index >= 15 is 0 Å². The van der Waals surface area contributed by atoms with Crippen LogP contribution in [0.1, 0.15) is 18.3 Å². The van der Waals surface area contributed by atoms with Crippen LogP contribution in [0.15, 0.2) is 36.7 Å². The van der Waals surface area contributed by atoms with Crippen LogP contribution in [0.5, 0.6) is 0 Å². The minimum Gasteiger partial charge on any atom is -0.353 e. The Morgan fingerprint density at radius 1 is 1.15 bits per heavy atom. The molecule has 3 aromatic rings. The van der Waals surface area contributed by atoms with Crippen LogP contribution in [0, 0.1) is 18.6 Å². The van der Waals surface area contributed by atoms with Crippen molar-refractivity contribution in [3.63, 3.8) is 0 Å². The summed E-state index contributed by atoms with van der Waals surface area (Å²) in [5.41, 5.74) is 1.36. The maximum atomic E-state index is 14.0. The van der Waals surface area contributed by atoms with Gasteiger partial charge in [0.25, 0.3) is 0 Å². The molecule has 1 aliphatic heterocycles. The maximum absolute atomic E-state index is 14.0. The fraction of sp³-hybridized carbons (Fsp3) is 0.350. The number of rotatable bonds is 3. The molecule has 4 rings (SSSR count). The zero-order valence-corrected chi connectivity index (χ0v) is 15.4. The number of aryl methyl sites for hydroxylation is 1. The van der Waals surface area contributed by atoms with Gasteiger partial charge in [-0.15, -0.1) is 0 Å². The smallest absolute Gasteiger partial charge is 0.140 e. The van der Waals surface area contributed by atoms with E-state index in [2.05, 4.69) is 31.7 Å². The number of aromatic nitrogens is 3. The lowest BCUT2D eigenvalue weighted by Crippen LogP contribution is -2.51. The average molecular weight is 369 g/mol. The van der Waals surface area contributed by atoms with E-state index in [9.17, 15) is 8.78 Å². The van der Waals surface area contributed by atoms with Crippen molar-refractivity contribution in [3.05, 3.63) is 59.7 Å². The number of anilines is 1. The van der Waals surface area contributed by atoms with E-state index in [4.69, 9.17) is 0 Å². The predicted octanol–water partition coefficient (Wildman–Crippen LogP) is 3.32. The predicted molar refractivity (Wildman–Crippen MR) is 101 cm³/mol. The van der Waals surface area contributed by atoms with E-state index in [0.29, 0.717) is 17.9 Å². The minimum absolute atomic E-state index is 0.204. The van der Waals surface area contributed by atoms with Crippen LogP contribution >= 0.6 is 0 Å². The van der Waals surface area contributed by atoms with Crippen molar-refractivity contribution >= 4 is 16.7 Å². The molecule has 1 aromatic carbocycles. The summed E-state index contributed by atoms with van der Waals surface area (Å²) in [6.07, 6.45) is 3.51. The van der Waals surface area contributed by atoms with Crippen LogP contribution < -0.4 is 4.90 Å². The molecular formula is C20H21F2N5. The lowest BCUT2D eigenvalue weighted by atomic mass is 10.1. The first kappa shape index (κ1) is 17.7. The Morgan fingerprint density at radius 2 is 2.00 bits per heavy atom. The number of pyridine rings is 1. The monoisotopic (exact) mass is 369 g/mol. The van der Waals surface area contributed by atoms with Gasteiger partial charge in [0.15, 0.2) is 0 Å². The molecule has 2 aromatic heterocycles. The molecule has 0 radical (unpaired) electrons. The first-order valence-electron chi connectivity index (χ1n) is 9.02. The van der Waals surface area contributed by atoms with Crippen molar-refractivity contribution < 1.29 is 8.78 Å². The third kappa shape index (κ3) is 3.60. The van der Waals surface area contributed by atoms with Gasteiger partial charge in [-0.25, -0.2) is 18.7 Å². The molecule has 140 valence electrons. The van der Waals surface area contributed by atoms with Crippen molar-refractivity contribution in [1.82, 2.24) is 19.9 Å².